The number of hydrogen-bond acceptors (Lipinski definition) is 2. The van der Waals surface area contributed by atoms with Crippen LogP contribution in [0, 0.1) is 5.41 Å². The first-order valence-electron chi connectivity index (χ1n) is 9.31. The summed E-state index contributed by atoms with van der Waals surface area (Å²) in [5.74, 6) is -0.165. The zero-order chi connectivity index (χ0) is 19.9. The molecule has 1 aliphatic carbocycles. The van der Waals surface area contributed by atoms with Crippen LogP contribution in [-0.2, 0) is 4.79 Å². The molecule has 142 valence electrons. The second kappa shape index (κ2) is 7.34. The maximum absolute atomic E-state index is 11.9. The van der Waals surface area contributed by atoms with Gasteiger partial charge >= 0.3 is 0 Å². The summed E-state index contributed by atoms with van der Waals surface area (Å²) in [7, 11) is -0.298. The fourth-order valence-electron chi connectivity index (χ4n) is 3.29. The lowest BCUT2D eigenvalue weighted by Crippen LogP contribution is -2.20. The molecule has 0 fully saturated rings. The number of allylic oxidation sites excluding steroid dienone is 4. The molecule has 1 amide bonds. The Kier molecular flexibility index (Phi) is 5.02. The van der Waals surface area contributed by atoms with Gasteiger partial charge in [0.2, 0.25) is 5.91 Å². The van der Waals surface area contributed by atoms with E-state index in [-0.39, 0.29) is 21.8 Å². The van der Waals surface area contributed by atoms with E-state index in [1.54, 1.807) is 0 Å². The molecule has 4 heteroatoms. The van der Waals surface area contributed by atoms with Crippen LogP contribution in [0.1, 0.15) is 27.7 Å². The van der Waals surface area contributed by atoms with Crippen LogP contribution in [0.5, 0.6) is 0 Å². The average Bonchev–Trinajstić information content (AvgIpc) is 2.65. The van der Waals surface area contributed by atoms with E-state index < -0.39 is 0 Å². The zero-order valence-corrected chi connectivity index (χ0v) is 18.2. The molecule has 0 bridgehead atoms. The molecular formula is C24H23NOS2. The molecule has 0 N–H and O–H groups in total. The van der Waals surface area contributed by atoms with E-state index in [4.69, 9.17) is 0 Å². The molecule has 0 saturated heterocycles. The molecule has 0 unspecified atom stereocenters. The smallest absolute Gasteiger partial charge is 0.243 e. The Hall–Kier alpha value is -2.17. The number of amides is 1. The number of fused-ring (bicyclic) bond motifs is 2. The summed E-state index contributed by atoms with van der Waals surface area (Å²) in [5, 5.41) is 0. The fourth-order valence-corrected chi connectivity index (χ4v) is 7.15. The third-order valence-corrected chi connectivity index (χ3v) is 8.45. The standard InChI is InChI=1S/C24H23NOS2/c1-16(26)25-18-14-13-17(24(2,3)4)15-23(18)28-21-11-7-5-9-19(21)27-20-10-6-8-12-22(20)28/h5-15H,1-4H3. The normalized spacial score (nSPS) is 17.9. The highest BCUT2D eigenvalue weighted by Crippen LogP contribution is 2.53. The van der Waals surface area contributed by atoms with Gasteiger partial charge in [-0.15, -0.1) is 10.5 Å². The van der Waals surface area contributed by atoms with Gasteiger partial charge in [0.05, 0.1) is 5.71 Å². The number of carbonyl (C=O) groups excluding carboxylic acids is 1. The molecule has 1 heterocycles. The van der Waals surface area contributed by atoms with Gasteiger partial charge in [-0.05, 0) is 47.4 Å². The van der Waals surface area contributed by atoms with Gasteiger partial charge in [-0.3, -0.25) is 4.79 Å². The Bertz CT molecular complexity index is 1050. The van der Waals surface area contributed by atoms with Crippen molar-refractivity contribution in [1.82, 2.24) is 0 Å². The summed E-state index contributed by atoms with van der Waals surface area (Å²) >= 11 is 1.82. The molecule has 0 radical (unpaired) electrons. The van der Waals surface area contributed by atoms with Crippen molar-refractivity contribution in [2.75, 3.05) is 0 Å². The van der Waals surface area contributed by atoms with E-state index in [9.17, 15) is 4.79 Å². The third kappa shape index (κ3) is 3.59. The summed E-state index contributed by atoms with van der Waals surface area (Å²) in [6.45, 7) is 8.17. The van der Waals surface area contributed by atoms with Crippen LogP contribution in [0.4, 0.5) is 0 Å². The van der Waals surface area contributed by atoms with Crippen LogP contribution in [0.3, 0.4) is 0 Å². The Labute approximate surface area is 173 Å². The lowest BCUT2D eigenvalue weighted by molar-refractivity contribution is -0.115. The molecule has 1 aliphatic heterocycles. The molecule has 4 rings (SSSR count). The minimum atomic E-state index is -0.298. The van der Waals surface area contributed by atoms with Crippen LogP contribution >= 0.6 is 22.2 Å². The van der Waals surface area contributed by atoms with Crippen molar-refractivity contribution in [2.24, 2.45) is 10.4 Å². The minimum absolute atomic E-state index is 0.0242. The number of carbonyl (C=O) groups is 1. The molecule has 0 spiro atoms. The van der Waals surface area contributed by atoms with Crippen molar-refractivity contribution < 1.29 is 4.79 Å². The van der Waals surface area contributed by atoms with Crippen molar-refractivity contribution >= 4 is 38.7 Å². The van der Waals surface area contributed by atoms with Crippen LogP contribution in [-0.4, -0.2) is 16.5 Å². The molecule has 0 aromatic heterocycles. The van der Waals surface area contributed by atoms with Gasteiger partial charge < -0.3 is 0 Å². The van der Waals surface area contributed by atoms with E-state index in [0.29, 0.717) is 0 Å². The van der Waals surface area contributed by atoms with E-state index in [1.165, 1.54) is 32.1 Å². The van der Waals surface area contributed by atoms with Gasteiger partial charge in [-0.2, -0.15) is 0 Å². The lowest BCUT2D eigenvalue weighted by atomic mass is 9.83. The molecule has 2 aliphatic rings. The number of hydrogen-bond donors (Lipinski definition) is 0. The highest BCUT2D eigenvalue weighted by atomic mass is 32.2. The first kappa shape index (κ1) is 19.2. The topological polar surface area (TPSA) is 29.4 Å². The highest BCUT2D eigenvalue weighted by Gasteiger charge is 2.26. The lowest BCUT2D eigenvalue weighted by Gasteiger charge is -2.28. The SMILES string of the molecule is CC(=O)N=C1C=CC(C(C)(C)C)=CC1=S1c2ccccc2Sc2ccccc21. The molecule has 28 heavy (non-hydrogen) atoms. The summed E-state index contributed by atoms with van der Waals surface area (Å²) in [4.78, 5) is 22.5. The van der Waals surface area contributed by atoms with Crippen LogP contribution < -0.4 is 0 Å². The average molecular weight is 406 g/mol. The Balaban J connectivity index is 2.08. The predicted molar refractivity (Wildman–Crippen MR) is 121 cm³/mol. The first-order valence-corrected chi connectivity index (χ1v) is 11.4. The number of rotatable bonds is 0. The second-order valence-electron chi connectivity index (χ2n) is 7.87. The maximum Gasteiger partial charge on any atom is 0.243 e. The number of benzene rings is 2. The van der Waals surface area contributed by atoms with Gasteiger partial charge in [-0.25, -0.2) is 4.99 Å². The van der Waals surface area contributed by atoms with Crippen LogP contribution in [0.15, 0.2) is 96.9 Å². The predicted octanol–water partition coefficient (Wildman–Crippen LogP) is 6.54. The van der Waals surface area contributed by atoms with Crippen molar-refractivity contribution in [3.05, 3.63) is 72.3 Å². The first-order chi connectivity index (χ1) is 13.3. The Morgan fingerprint density at radius 1 is 0.929 bits per heavy atom. The van der Waals surface area contributed by atoms with E-state index >= 15 is 0 Å². The molecule has 2 aromatic rings. The largest absolute Gasteiger partial charge is 0.273 e. The summed E-state index contributed by atoms with van der Waals surface area (Å²) in [5.41, 5.74) is 2.06. The number of aliphatic imine (C=N–C) groups is 1. The quantitative estimate of drug-likeness (QED) is 0.397. The van der Waals surface area contributed by atoms with Gasteiger partial charge in [0.1, 0.15) is 0 Å². The van der Waals surface area contributed by atoms with Crippen molar-refractivity contribution in [3.8, 4) is 0 Å². The molecule has 0 saturated carbocycles. The van der Waals surface area contributed by atoms with Gasteiger partial charge in [0, 0.05) is 31.4 Å². The molecule has 2 nitrogen and oxygen atoms in total. The van der Waals surface area contributed by atoms with Crippen LogP contribution in [0.2, 0.25) is 0 Å². The fraction of sp³-hybridized carbons (Fsp3) is 0.208. The van der Waals surface area contributed by atoms with Crippen molar-refractivity contribution in [3.63, 3.8) is 0 Å². The third-order valence-electron chi connectivity index (χ3n) is 4.68. The van der Waals surface area contributed by atoms with Crippen molar-refractivity contribution in [2.45, 2.75) is 47.3 Å². The summed E-state index contributed by atoms with van der Waals surface area (Å²) in [6.07, 6.45) is 6.37. The summed E-state index contributed by atoms with van der Waals surface area (Å²) in [6, 6.07) is 17.2. The molecule has 0 atom stereocenters. The number of nitrogens with zero attached hydrogens (tertiary/aromatic N) is 1. The van der Waals surface area contributed by atoms with Crippen LogP contribution in [0.25, 0.3) is 0 Å². The monoisotopic (exact) mass is 405 g/mol. The highest BCUT2D eigenvalue weighted by molar-refractivity contribution is 8.18. The Morgan fingerprint density at radius 2 is 1.50 bits per heavy atom. The summed E-state index contributed by atoms with van der Waals surface area (Å²) < 4.78 is 0. The maximum atomic E-state index is 11.9. The zero-order valence-electron chi connectivity index (χ0n) is 16.5. The van der Waals surface area contributed by atoms with Gasteiger partial charge in [0.15, 0.2) is 0 Å². The van der Waals surface area contributed by atoms with Gasteiger partial charge in [0.25, 0.3) is 0 Å². The van der Waals surface area contributed by atoms with Crippen molar-refractivity contribution in [1.29, 1.82) is 0 Å². The second-order valence-corrected chi connectivity index (χ2v) is 10.9. The van der Waals surface area contributed by atoms with Gasteiger partial charge in [-0.1, -0.05) is 62.9 Å². The Morgan fingerprint density at radius 3 is 2.04 bits per heavy atom. The van der Waals surface area contributed by atoms with E-state index in [2.05, 4.69) is 86.4 Å². The van der Waals surface area contributed by atoms with E-state index in [1.807, 2.05) is 17.8 Å². The molecule has 2 aromatic carbocycles. The molecular weight excluding hydrogens is 382 g/mol. The van der Waals surface area contributed by atoms with E-state index in [0.717, 1.165) is 10.6 Å². The minimum Gasteiger partial charge on any atom is -0.273 e.